The highest BCUT2D eigenvalue weighted by Crippen LogP contribution is 2.38. The molecule has 0 spiro atoms. The molecule has 0 heterocycles. The Hall–Kier alpha value is -3.18. The number of nitrogens with one attached hydrogen (secondary N) is 2. The molecule has 0 radical (unpaired) electrons. The van der Waals surface area contributed by atoms with E-state index in [1.54, 1.807) is 34.6 Å². The molecule has 0 aliphatic rings. The molecular formula is C35H55N3O6S2. The number of primary amides is 1. The number of nitrogens with two attached hydrogens (primary N) is 1. The Kier molecular flexibility index (Phi) is 23.2. The lowest BCUT2D eigenvalue weighted by molar-refractivity contribution is -0.140. The summed E-state index contributed by atoms with van der Waals surface area (Å²) in [6.07, 6.45) is 30.9. The molecule has 2 atom stereocenters. The van der Waals surface area contributed by atoms with Crippen LogP contribution in [0.5, 0.6) is 0 Å². The Morgan fingerprint density at radius 3 is 1.63 bits per heavy atom. The fourth-order valence-corrected chi connectivity index (χ4v) is 6.40. The third kappa shape index (κ3) is 24.1. The summed E-state index contributed by atoms with van der Waals surface area (Å²) >= 11 is 0. The summed E-state index contributed by atoms with van der Waals surface area (Å²) in [5.74, 6) is -2.08. The van der Waals surface area contributed by atoms with Gasteiger partial charge in [-0.2, -0.15) is 0 Å². The number of carboxylic acids is 1. The number of carboxylic acid groups (broad SMARTS) is 1. The fourth-order valence-electron chi connectivity index (χ4n) is 3.58. The Bertz CT molecular complexity index is 1100. The van der Waals surface area contributed by atoms with Crippen molar-refractivity contribution in [2.45, 2.75) is 115 Å². The van der Waals surface area contributed by atoms with Crippen molar-refractivity contribution in [1.29, 1.82) is 0 Å². The van der Waals surface area contributed by atoms with Crippen LogP contribution in [0.3, 0.4) is 0 Å². The van der Waals surface area contributed by atoms with Gasteiger partial charge >= 0.3 is 12.1 Å². The number of allylic oxidation sites excluding steroid dienone is 12. The van der Waals surface area contributed by atoms with Gasteiger partial charge in [-0.1, -0.05) is 101 Å². The molecule has 9 nitrogen and oxygen atoms in total. The molecule has 0 saturated carbocycles. The molecule has 5 N–H and O–H groups in total. The number of carbonyl (C=O) groups is 4. The molecule has 0 aromatic heterocycles. The topological polar surface area (TPSA) is 148 Å². The van der Waals surface area contributed by atoms with E-state index in [1.807, 2.05) is 12.2 Å². The van der Waals surface area contributed by atoms with Gasteiger partial charge in [-0.05, 0) is 79.6 Å². The van der Waals surface area contributed by atoms with Crippen LogP contribution in [0.15, 0.2) is 72.9 Å². The molecule has 0 aromatic carbocycles. The predicted octanol–water partition coefficient (Wildman–Crippen LogP) is 7.57. The molecule has 0 aliphatic heterocycles. The maximum absolute atomic E-state index is 12.4. The van der Waals surface area contributed by atoms with E-state index in [4.69, 9.17) is 10.5 Å². The Balaban J connectivity index is 4.39. The third-order valence-electron chi connectivity index (χ3n) is 5.92. The van der Waals surface area contributed by atoms with Gasteiger partial charge in [0, 0.05) is 12.2 Å². The lowest BCUT2D eigenvalue weighted by Crippen LogP contribution is -2.53. The maximum Gasteiger partial charge on any atom is 0.408 e. The first-order valence-electron chi connectivity index (χ1n) is 15.7. The Morgan fingerprint density at radius 1 is 0.761 bits per heavy atom. The summed E-state index contributed by atoms with van der Waals surface area (Å²) in [6, 6.07) is -2.18. The van der Waals surface area contributed by atoms with E-state index in [-0.39, 0.29) is 18.1 Å². The van der Waals surface area contributed by atoms with E-state index in [2.05, 4.69) is 78.3 Å². The highest BCUT2D eigenvalue weighted by atomic mass is 33.1. The smallest absolute Gasteiger partial charge is 0.408 e. The first kappa shape index (κ1) is 42.8. The van der Waals surface area contributed by atoms with Crippen molar-refractivity contribution in [1.82, 2.24) is 10.6 Å². The molecule has 0 aliphatic carbocycles. The largest absolute Gasteiger partial charge is 0.480 e. The van der Waals surface area contributed by atoms with Crippen LogP contribution in [0.25, 0.3) is 0 Å². The van der Waals surface area contributed by atoms with Crippen molar-refractivity contribution < 1.29 is 29.0 Å². The van der Waals surface area contributed by atoms with Crippen molar-refractivity contribution >= 4 is 45.5 Å². The highest BCUT2D eigenvalue weighted by molar-refractivity contribution is 8.77. The molecule has 2 unspecified atom stereocenters. The number of carbonyl (C=O) groups excluding carboxylic acids is 3. The first-order valence-corrected chi connectivity index (χ1v) is 18.0. The predicted molar refractivity (Wildman–Crippen MR) is 193 cm³/mol. The fraction of sp³-hybridized carbons (Fsp3) is 0.543. The van der Waals surface area contributed by atoms with Crippen molar-refractivity contribution in [2.75, 3.05) is 5.75 Å². The summed E-state index contributed by atoms with van der Waals surface area (Å²) in [7, 11) is 2.36. The molecule has 0 bridgehead atoms. The van der Waals surface area contributed by atoms with Crippen LogP contribution in [-0.4, -0.2) is 57.2 Å². The van der Waals surface area contributed by atoms with Crippen molar-refractivity contribution in [3.8, 4) is 0 Å². The van der Waals surface area contributed by atoms with Gasteiger partial charge in [0.15, 0.2) is 0 Å². The van der Waals surface area contributed by atoms with Gasteiger partial charge in [0.25, 0.3) is 0 Å². The van der Waals surface area contributed by atoms with E-state index >= 15 is 0 Å². The molecule has 3 amide bonds. The van der Waals surface area contributed by atoms with Gasteiger partial charge in [-0.3, -0.25) is 9.59 Å². The van der Waals surface area contributed by atoms with Crippen molar-refractivity contribution in [3.63, 3.8) is 0 Å². The van der Waals surface area contributed by atoms with Gasteiger partial charge in [0.2, 0.25) is 11.8 Å². The molecule has 11 heteroatoms. The SMILES string of the molecule is CC/C=C\C/C=C\C/C=C\C/C=C\C/C=C\C/C=C\CCC(=O)NC(CSSC(C)(C)C(NC(=O)OC(C)(C)C)C(=O)O)C(N)=O. The number of amides is 3. The number of hydrogen-bond acceptors (Lipinski definition) is 7. The summed E-state index contributed by atoms with van der Waals surface area (Å²) in [5, 5.41) is 14.7. The van der Waals surface area contributed by atoms with Crippen LogP contribution in [-0.2, 0) is 19.1 Å². The number of ether oxygens (including phenoxy) is 1. The normalized spacial score (nSPS) is 14.2. The van der Waals surface area contributed by atoms with Gasteiger partial charge in [0.05, 0.1) is 4.75 Å². The second-order valence-corrected chi connectivity index (χ2v) is 14.9. The maximum atomic E-state index is 12.4. The molecule has 258 valence electrons. The van der Waals surface area contributed by atoms with E-state index in [0.717, 1.165) is 38.5 Å². The van der Waals surface area contributed by atoms with Crippen LogP contribution in [0.4, 0.5) is 4.79 Å². The zero-order valence-electron chi connectivity index (χ0n) is 28.3. The van der Waals surface area contributed by atoms with Gasteiger partial charge < -0.3 is 26.2 Å². The molecule has 0 fully saturated rings. The lowest BCUT2D eigenvalue weighted by atomic mass is 10.0. The minimum absolute atomic E-state index is 0.133. The minimum atomic E-state index is -1.26. The number of hydrogen-bond donors (Lipinski definition) is 4. The first-order chi connectivity index (χ1) is 21.7. The molecule has 0 aromatic rings. The Labute approximate surface area is 284 Å². The molecular weight excluding hydrogens is 623 g/mol. The second-order valence-electron chi connectivity index (χ2n) is 11.9. The standard InChI is InChI=1S/C35H55N3O6S2/c1-7-8-9-10-11-12-13-14-15-16-17-18-19-20-21-22-23-24-25-26-29(39)37-28(31(36)40)27-45-46-35(5,6)30(32(41)42)38-33(43)44-34(2,3)4/h8-9,11-12,14-15,17-18,20-21,23-24,28,30H,7,10,13,16,19,22,25-27H2,1-6H3,(H2,36,40)(H,37,39)(H,38,43)(H,41,42)/b9-8-,12-11-,15-14-,18-17-,21-20-,24-23-. The number of rotatable bonds is 23. The quantitative estimate of drug-likeness (QED) is 0.0639. The van der Waals surface area contributed by atoms with Gasteiger partial charge in [0.1, 0.15) is 17.7 Å². The molecule has 0 rings (SSSR count). The lowest BCUT2D eigenvalue weighted by Gasteiger charge is -2.31. The van der Waals surface area contributed by atoms with E-state index in [1.165, 1.54) is 21.6 Å². The number of alkyl carbamates (subject to hydrolysis) is 1. The minimum Gasteiger partial charge on any atom is -0.480 e. The van der Waals surface area contributed by atoms with Crippen LogP contribution >= 0.6 is 21.6 Å². The zero-order valence-corrected chi connectivity index (χ0v) is 30.0. The summed E-state index contributed by atoms with van der Waals surface area (Å²) in [5.41, 5.74) is 4.71. The van der Waals surface area contributed by atoms with Gasteiger partial charge in [-0.25, -0.2) is 9.59 Å². The van der Waals surface area contributed by atoms with E-state index in [0.29, 0.717) is 6.42 Å². The average molecular weight is 678 g/mol. The zero-order chi connectivity index (χ0) is 34.8. The van der Waals surface area contributed by atoms with Gasteiger partial charge in [-0.15, -0.1) is 0 Å². The van der Waals surface area contributed by atoms with E-state index < -0.39 is 40.4 Å². The summed E-state index contributed by atoms with van der Waals surface area (Å²) < 4.78 is 4.20. The summed E-state index contributed by atoms with van der Waals surface area (Å²) in [4.78, 5) is 48.4. The van der Waals surface area contributed by atoms with E-state index in [9.17, 15) is 24.3 Å². The monoisotopic (exact) mass is 677 g/mol. The Morgan fingerprint density at radius 2 is 1.22 bits per heavy atom. The highest BCUT2D eigenvalue weighted by Gasteiger charge is 2.39. The van der Waals surface area contributed by atoms with Crippen LogP contribution in [0.1, 0.15) is 92.9 Å². The van der Waals surface area contributed by atoms with Crippen molar-refractivity contribution in [3.05, 3.63) is 72.9 Å². The van der Waals surface area contributed by atoms with Crippen LogP contribution < -0.4 is 16.4 Å². The second kappa shape index (κ2) is 25.0. The number of aliphatic carboxylic acids is 1. The van der Waals surface area contributed by atoms with Crippen LogP contribution in [0, 0.1) is 0 Å². The molecule has 0 saturated heterocycles. The van der Waals surface area contributed by atoms with Crippen LogP contribution in [0.2, 0.25) is 0 Å². The molecule has 46 heavy (non-hydrogen) atoms. The third-order valence-corrected chi connectivity index (χ3v) is 9.23. The average Bonchev–Trinajstić information content (AvgIpc) is 2.95. The van der Waals surface area contributed by atoms with Crippen molar-refractivity contribution in [2.24, 2.45) is 5.73 Å². The summed E-state index contributed by atoms with van der Waals surface area (Å²) in [6.45, 7) is 10.5.